The second-order valence-electron chi connectivity index (χ2n) is 5.36. The van der Waals surface area contributed by atoms with E-state index in [-0.39, 0.29) is 46.5 Å². The molecule has 0 radical (unpaired) electrons. The molecule has 0 aliphatic heterocycles. The minimum absolute atomic E-state index is 0. The molecule has 0 bridgehead atoms. The van der Waals surface area contributed by atoms with E-state index in [1.807, 2.05) is 38.1 Å². The van der Waals surface area contributed by atoms with Crippen LogP contribution in [-0.4, -0.2) is 26.2 Å². The van der Waals surface area contributed by atoms with Crippen molar-refractivity contribution >= 4 is 10.1 Å². The molecule has 0 amide bonds. The average molecular weight is 344 g/mol. The Kier molecular flexibility index (Phi) is 7.71. The van der Waals surface area contributed by atoms with Crippen molar-refractivity contribution in [2.75, 3.05) is 7.11 Å². The first-order valence-electron chi connectivity index (χ1n) is 7.44. The fraction of sp³-hybridized carbons (Fsp3) is 0.412. The van der Waals surface area contributed by atoms with Crippen LogP contribution in [0.5, 0.6) is 0 Å². The van der Waals surface area contributed by atoms with Gasteiger partial charge < -0.3 is 9.29 Å². The van der Waals surface area contributed by atoms with E-state index < -0.39 is 10.1 Å². The van der Waals surface area contributed by atoms with Gasteiger partial charge in [0, 0.05) is 13.0 Å². The molecule has 2 aliphatic carbocycles. The first kappa shape index (κ1) is 20.6. The van der Waals surface area contributed by atoms with Crippen LogP contribution in [0.1, 0.15) is 38.2 Å². The first-order valence-corrected chi connectivity index (χ1v) is 8.85. The van der Waals surface area contributed by atoms with E-state index >= 15 is 0 Å². The van der Waals surface area contributed by atoms with Gasteiger partial charge in [-0.2, -0.15) is 0 Å². The number of hydrogen-bond acceptors (Lipinski definition) is 4. The van der Waals surface area contributed by atoms with Crippen LogP contribution in [0.4, 0.5) is 0 Å². The molecule has 0 fully saturated rings. The fourth-order valence-corrected chi connectivity index (χ4v) is 4.09. The summed E-state index contributed by atoms with van der Waals surface area (Å²) in [5, 5.41) is 0. The van der Waals surface area contributed by atoms with E-state index in [0.29, 0.717) is 17.5 Å². The Balaban J connectivity index is 0.00000264. The topological polar surface area (TPSA) is 66.4 Å². The summed E-state index contributed by atoms with van der Waals surface area (Å²) in [4.78, 5) is -0.0962. The maximum absolute atomic E-state index is 11.9. The van der Waals surface area contributed by atoms with Gasteiger partial charge in [0.05, 0.1) is 11.0 Å². The van der Waals surface area contributed by atoms with Crippen LogP contribution < -0.4 is 29.6 Å². The molecule has 4 nitrogen and oxygen atoms in total. The minimum atomic E-state index is -4.56. The largest absolute Gasteiger partial charge is 1.00 e. The molecule has 120 valence electrons. The second-order valence-corrected chi connectivity index (χ2v) is 6.68. The molecule has 0 saturated carbocycles. The van der Waals surface area contributed by atoms with Crippen molar-refractivity contribution in [3.8, 4) is 11.1 Å². The first-order chi connectivity index (χ1) is 10.4. The summed E-state index contributed by atoms with van der Waals surface area (Å²) in [6.07, 6.45) is 1.34. The smallest absolute Gasteiger partial charge is 0.744 e. The van der Waals surface area contributed by atoms with Crippen LogP contribution in [-0.2, 0) is 14.9 Å². The maximum Gasteiger partial charge on any atom is 1.00 e. The molecule has 2 unspecified atom stereocenters. The van der Waals surface area contributed by atoms with E-state index in [1.165, 1.54) is 0 Å². The van der Waals surface area contributed by atoms with E-state index in [2.05, 4.69) is 0 Å². The molecule has 2 rings (SSSR count). The SMILES string of the molecule is CCC(OC)C(CC)c1cc2cccccc-2c1S(=O)(=O)[O-].[Na+]. The van der Waals surface area contributed by atoms with Gasteiger partial charge in [-0.05, 0) is 35.6 Å². The summed E-state index contributed by atoms with van der Waals surface area (Å²) in [6, 6.07) is 10.7. The monoisotopic (exact) mass is 344 g/mol. The minimum Gasteiger partial charge on any atom is -0.744 e. The molecule has 0 aromatic heterocycles. The zero-order valence-corrected chi connectivity index (χ0v) is 16.9. The summed E-state index contributed by atoms with van der Waals surface area (Å²) in [6.45, 7) is 3.97. The summed E-state index contributed by atoms with van der Waals surface area (Å²) >= 11 is 0. The predicted octanol–water partition coefficient (Wildman–Crippen LogP) is 0.618. The van der Waals surface area contributed by atoms with E-state index in [1.54, 1.807) is 19.2 Å². The molecule has 6 heteroatoms. The van der Waals surface area contributed by atoms with E-state index in [4.69, 9.17) is 4.74 Å². The van der Waals surface area contributed by atoms with Gasteiger partial charge in [-0.25, -0.2) is 8.42 Å². The Morgan fingerprint density at radius 1 is 1.13 bits per heavy atom. The average Bonchev–Trinajstić information content (AvgIpc) is 2.68. The van der Waals surface area contributed by atoms with Crippen molar-refractivity contribution in [2.45, 2.75) is 43.6 Å². The third-order valence-corrected chi connectivity index (χ3v) is 5.09. The van der Waals surface area contributed by atoms with Crippen LogP contribution >= 0.6 is 0 Å². The number of ether oxygens (including phenoxy) is 1. The van der Waals surface area contributed by atoms with E-state index in [0.717, 1.165) is 12.0 Å². The molecule has 0 saturated heterocycles. The van der Waals surface area contributed by atoms with Gasteiger partial charge in [-0.3, -0.25) is 0 Å². The van der Waals surface area contributed by atoms with Gasteiger partial charge in [0.25, 0.3) is 0 Å². The molecule has 2 aliphatic rings. The van der Waals surface area contributed by atoms with Crippen LogP contribution in [0.2, 0.25) is 0 Å². The molecule has 0 aromatic rings. The fourth-order valence-electron chi connectivity index (χ4n) is 3.14. The van der Waals surface area contributed by atoms with Crippen LogP contribution in [0.25, 0.3) is 11.1 Å². The Bertz CT molecular complexity index is 711. The van der Waals surface area contributed by atoms with E-state index in [9.17, 15) is 13.0 Å². The number of fused-ring (bicyclic) bond motifs is 1. The summed E-state index contributed by atoms with van der Waals surface area (Å²) < 4.78 is 41.1. The van der Waals surface area contributed by atoms with Gasteiger partial charge in [-0.1, -0.05) is 44.2 Å². The van der Waals surface area contributed by atoms with Gasteiger partial charge in [0.2, 0.25) is 0 Å². The predicted molar refractivity (Wildman–Crippen MR) is 85.1 cm³/mol. The Morgan fingerprint density at radius 2 is 1.78 bits per heavy atom. The molecule has 2 atom stereocenters. The Hall–Kier alpha value is -0.430. The van der Waals surface area contributed by atoms with Gasteiger partial charge in [0.1, 0.15) is 10.1 Å². The molecular formula is C17H21NaO4S. The van der Waals surface area contributed by atoms with Crippen LogP contribution in [0.15, 0.2) is 41.3 Å². The van der Waals surface area contributed by atoms with Crippen molar-refractivity contribution in [1.82, 2.24) is 0 Å². The Morgan fingerprint density at radius 3 is 2.30 bits per heavy atom. The normalized spacial score (nSPS) is 14.3. The summed E-state index contributed by atoms with van der Waals surface area (Å²) in [7, 11) is -2.94. The van der Waals surface area contributed by atoms with Crippen molar-refractivity contribution in [2.24, 2.45) is 0 Å². The number of hydrogen-bond donors (Lipinski definition) is 0. The van der Waals surface area contributed by atoms with Gasteiger partial charge in [0.15, 0.2) is 0 Å². The molecule has 0 heterocycles. The molecule has 23 heavy (non-hydrogen) atoms. The third kappa shape index (κ3) is 4.35. The molecule has 0 N–H and O–H groups in total. The standard InChI is InChI=1S/C17H22O4S.Na/c1-4-13(16(5-2)21-3)15-11-12-9-7-6-8-10-14(12)17(15)22(18,19)20;/h6-11,13,16H,4-5H2,1-3H3,(H,18,19,20);/q;+1/p-1. The zero-order valence-electron chi connectivity index (χ0n) is 14.1. The van der Waals surface area contributed by atoms with Crippen LogP contribution in [0, 0.1) is 0 Å². The summed E-state index contributed by atoms with van der Waals surface area (Å²) in [5.74, 6) is -0.119. The molecular weight excluding hydrogens is 323 g/mol. The number of rotatable bonds is 6. The number of methoxy groups -OCH3 is 1. The van der Waals surface area contributed by atoms with Crippen molar-refractivity contribution in [1.29, 1.82) is 0 Å². The third-order valence-electron chi connectivity index (χ3n) is 4.13. The zero-order chi connectivity index (χ0) is 16.3. The van der Waals surface area contributed by atoms with Gasteiger partial charge in [-0.15, -0.1) is 0 Å². The van der Waals surface area contributed by atoms with Crippen molar-refractivity contribution in [3.05, 3.63) is 42.0 Å². The van der Waals surface area contributed by atoms with Crippen LogP contribution in [0.3, 0.4) is 0 Å². The molecule has 0 aromatic carbocycles. The van der Waals surface area contributed by atoms with Gasteiger partial charge >= 0.3 is 29.6 Å². The second kappa shape index (κ2) is 8.60. The maximum atomic E-state index is 11.9. The quantitative estimate of drug-likeness (QED) is 0.569. The van der Waals surface area contributed by atoms with Crippen molar-refractivity contribution < 1.29 is 47.3 Å². The summed E-state index contributed by atoms with van der Waals surface area (Å²) in [5.41, 5.74) is 1.82. The Labute approximate surface area is 160 Å². The van der Waals surface area contributed by atoms with Crippen molar-refractivity contribution in [3.63, 3.8) is 0 Å². The molecule has 0 spiro atoms.